The first-order valence-corrected chi connectivity index (χ1v) is 9.73. The number of aryl methyl sites for hydroxylation is 1. The van der Waals surface area contributed by atoms with Crippen LogP contribution in [0.4, 0.5) is 0 Å². The number of rotatable bonds is 3. The second-order valence-corrected chi connectivity index (χ2v) is 8.13. The molecule has 0 unspecified atom stereocenters. The molecule has 26 heavy (non-hydrogen) atoms. The second-order valence-electron chi connectivity index (χ2n) is 6.32. The van der Waals surface area contributed by atoms with E-state index in [2.05, 4.69) is 0 Å². The van der Waals surface area contributed by atoms with Gasteiger partial charge >= 0.3 is 0 Å². The van der Waals surface area contributed by atoms with Crippen LogP contribution in [0.1, 0.15) is 33.1 Å². The number of sulfonamides is 1. The summed E-state index contributed by atoms with van der Waals surface area (Å²) in [7, 11) is -3.99. The highest BCUT2D eigenvalue weighted by molar-refractivity contribution is 7.89. The van der Waals surface area contributed by atoms with Gasteiger partial charge in [-0.25, -0.2) is 12.7 Å². The molecule has 4 rings (SSSR count). The van der Waals surface area contributed by atoms with Crippen LogP contribution in [-0.2, 0) is 10.0 Å². The molecule has 130 valence electrons. The maximum atomic E-state index is 13.3. The fourth-order valence-electron chi connectivity index (χ4n) is 3.31. The van der Waals surface area contributed by atoms with E-state index >= 15 is 0 Å². The third-order valence-electron chi connectivity index (χ3n) is 4.61. The van der Waals surface area contributed by atoms with Gasteiger partial charge in [0.15, 0.2) is 0 Å². The summed E-state index contributed by atoms with van der Waals surface area (Å²) in [6.07, 6.45) is 0. The molecule has 4 nitrogen and oxygen atoms in total. The molecular formula is C21H17NO3S. The van der Waals surface area contributed by atoms with E-state index in [1.807, 2.05) is 49.4 Å². The van der Waals surface area contributed by atoms with E-state index in [-0.39, 0.29) is 4.90 Å². The number of amides is 1. The Morgan fingerprint density at radius 3 is 2.12 bits per heavy atom. The van der Waals surface area contributed by atoms with Crippen molar-refractivity contribution in [3.63, 3.8) is 0 Å². The molecule has 0 radical (unpaired) electrons. The molecule has 1 heterocycles. The van der Waals surface area contributed by atoms with Gasteiger partial charge in [0.05, 0.1) is 10.9 Å². The summed E-state index contributed by atoms with van der Waals surface area (Å²) in [5.74, 6) is -0.491. The summed E-state index contributed by atoms with van der Waals surface area (Å²) in [6.45, 7) is 1.89. The zero-order valence-corrected chi connectivity index (χ0v) is 15.0. The predicted octanol–water partition coefficient (Wildman–Crippen LogP) is 3.93. The Hall–Kier alpha value is -2.92. The minimum atomic E-state index is -3.99. The van der Waals surface area contributed by atoms with Crippen LogP contribution in [0.15, 0.2) is 83.8 Å². The molecular weight excluding hydrogens is 346 g/mol. The molecule has 0 fully saturated rings. The van der Waals surface area contributed by atoms with Crippen LogP contribution in [0.2, 0.25) is 0 Å². The fourth-order valence-corrected chi connectivity index (χ4v) is 4.85. The monoisotopic (exact) mass is 363 g/mol. The Morgan fingerprint density at radius 1 is 0.808 bits per heavy atom. The molecule has 3 aromatic carbocycles. The lowest BCUT2D eigenvalue weighted by atomic mass is 9.99. The molecule has 1 aliphatic rings. The van der Waals surface area contributed by atoms with E-state index in [9.17, 15) is 13.2 Å². The summed E-state index contributed by atoms with van der Waals surface area (Å²) in [6, 6.07) is 22.2. The maximum absolute atomic E-state index is 13.3. The van der Waals surface area contributed by atoms with Gasteiger partial charge in [-0.15, -0.1) is 0 Å². The van der Waals surface area contributed by atoms with Crippen LogP contribution in [0.5, 0.6) is 0 Å². The van der Waals surface area contributed by atoms with Crippen molar-refractivity contribution in [2.45, 2.75) is 17.9 Å². The van der Waals surface area contributed by atoms with Gasteiger partial charge < -0.3 is 0 Å². The smallest absolute Gasteiger partial charge is 0.268 e. The molecule has 0 aliphatic carbocycles. The van der Waals surface area contributed by atoms with E-state index in [0.717, 1.165) is 15.4 Å². The van der Waals surface area contributed by atoms with Crippen molar-refractivity contribution in [1.82, 2.24) is 4.31 Å². The van der Waals surface area contributed by atoms with Gasteiger partial charge in [-0.3, -0.25) is 4.79 Å². The van der Waals surface area contributed by atoms with E-state index in [1.165, 1.54) is 0 Å². The highest BCUT2D eigenvalue weighted by Gasteiger charge is 2.44. The first kappa shape index (κ1) is 16.5. The SMILES string of the molecule is Cc1ccc(S(=O)(=O)N2C(=O)c3ccccc3[C@@H]2c2ccccc2)cc1. The average molecular weight is 363 g/mol. The third-order valence-corrected chi connectivity index (χ3v) is 6.38. The highest BCUT2D eigenvalue weighted by atomic mass is 32.2. The van der Waals surface area contributed by atoms with Gasteiger partial charge in [0.2, 0.25) is 0 Å². The van der Waals surface area contributed by atoms with Gasteiger partial charge in [0.25, 0.3) is 15.9 Å². The minimum absolute atomic E-state index is 0.116. The van der Waals surface area contributed by atoms with Crippen LogP contribution in [-0.4, -0.2) is 18.6 Å². The lowest BCUT2D eigenvalue weighted by Crippen LogP contribution is -2.35. The van der Waals surface area contributed by atoms with Crippen molar-refractivity contribution in [2.24, 2.45) is 0 Å². The number of carbonyl (C=O) groups excluding carboxylic acids is 1. The van der Waals surface area contributed by atoms with Crippen LogP contribution in [0.3, 0.4) is 0 Å². The third kappa shape index (κ3) is 2.52. The zero-order valence-electron chi connectivity index (χ0n) is 14.2. The lowest BCUT2D eigenvalue weighted by molar-refractivity contribution is 0.0865. The Morgan fingerprint density at radius 2 is 1.42 bits per heavy atom. The van der Waals surface area contributed by atoms with Gasteiger partial charge in [-0.05, 0) is 36.2 Å². The highest BCUT2D eigenvalue weighted by Crippen LogP contribution is 2.41. The Labute approximate surface area is 152 Å². The summed E-state index contributed by atoms with van der Waals surface area (Å²) >= 11 is 0. The van der Waals surface area contributed by atoms with E-state index in [0.29, 0.717) is 11.1 Å². The molecule has 0 bridgehead atoms. The quantitative estimate of drug-likeness (QED) is 0.708. The number of hydrogen-bond donors (Lipinski definition) is 0. The lowest BCUT2D eigenvalue weighted by Gasteiger charge is -2.25. The topological polar surface area (TPSA) is 54.5 Å². The Balaban J connectivity index is 1.91. The Bertz CT molecular complexity index is 1070. The summed E-state index contributed by atoms with van der Waals surface area (Å²) in [4.78, 5) is 13.1. The molecule has 0 aromatic heterocycles. The minimum Gasteiger partial charge on any atom is -0.268 e. The molecule has 1 atom stereocenters. The van der Waals surface area contributed by atoms with Gasteiger partial charge in [0, 0.05) is 5.56 Å². The molecule has 5 heteroatoms. The fraction of sp³-hybridized carbons (Fsp3) is 0.0952. The number of benzene rings is 3. The van der Waals surface area contributed by atoms with Crippen molar-refractivity contribution in [3.8, 4) is 0 Å². The van der Waals surface area contributed by atoms with E-state index < -0.39 is 22.0 Å². The van der Waals surface area contributed by atoms with Crippen LogP contribution in [0, 0.1) is 6.92 Å². The van der Waals surface area contributed by atoms with Gasteiger partial charge in [-0.2, -0.15) is 0 Å². The van der Waals surface area contributed by atoms with Crippen LogP contribution < -0.4 is 0 Å². The number of fused-ring (bicyclic) bond motifs is 1. The normalized spacial score (nSPS) is 16.6. The van der Waals surface area contributed by atoms with Crippen molar-refractivity contribution < 1.29 is 13.2 Å². The number of nitrogens with zero attached hydrogens (tertiary/aromatic N) is 1. The molecule has 0 saturated carbocycles. The molecule has 0 N–H and O–H groups in total. The standard InChI is InChI=1S/C21H17NO3S/c1-15-11-13-17(14-12-15)26(24,25)22-20(16-7-3-2-4-8-16)18-9-5-6-10-19(18)21(22)23/h2-14,20H,1H3/t20-/m0/s1. The van der Waals surface area contributed by atoms with Crippen LogP contribution >= 0.6 is 0 Å². The number of carbonyl (C=O) groups is 1. The summed E-state index contributed by atoms with van der Waals surface area (Å²) < 4.78 is 27.6. The van der Waals surface area contributed by atoms with Crippen molar-refractivity contribution in [2.75, 3.05) is 0 Å². The Kier molecular flexibility index (Phi) is 3.89. The van der Waals surface area contributed by atoms with Crippen LogP contribution in [0.25, 0.3) is 0 Å². The van der Waals surface area contributed by atoms with E-state index in [1.54, 1.807) is 36.4 Å². The molecule has 0 spiro atoms. The van der Waals surface area contributed by atoms with E-state index in [4.69, 9.17) is 0 Å². The maximum Gasteiger partial charge on any atom is 0.268 e. The molecule has 0 saturated heterocycles. The molecule has 3 aromatic rings. The molecule has 1 aliphatic heterocycles. The van der Waals surface area contributed by atoms with Crippen molar-refractivity contribution in [1.29, 1.82) is 0 Å². The van der Waals surface area contributed by atoms with Crippen molar-refractivity contribution >= 4 is 15.9 Å². The summed E-state index contributed by atoms with van der Waals surface area (Å²) in [5.41, 5.74) is 2.86. The second kappa shape index (κ2) is 6.11. The largest absolute Gasteiger partial charge is 0.268 e. The first-order chi connectivity index (χ1) is 12.5. The molecule has 1 amide bonds. The first-order valence-electron chi connectivity index (χ1n) is 8.29. The van der Waals surface area contributed by atoms with Gasteiger partial charge in [0.1, 0.15) is 0 Å². The predicted molar refractivity (Wildman–Crippen MR) is 99.3 cm³/mol. The average Bonchev–Trinajstić information content (AvgIpc) is 2.96. The van der Waals surface area contributed by atoms with Crippen molar-refractivity contribution in [3.05, 3.63) is 101 Å². The summed E-state index contributed by atoms with van der Waals surface area (Å²) in [5, 5.41) is 0. The zero-order chi connectivity index (χ0) is 18.3. The number of hydrogen-bond acceptors (Lipinski definition) is 3. The van der Waals surface area contributed by atoms with Gasteiger partial charge in [-0.1, -0.05) is 66.2 Å².